The molecule has 2 aromatic rings. The molecular weight excluding hydrogens is 476 g/mol. The lowest BCUT2D eigenvalue weighted by Gasteiger charge is -2.37. The summed E-state index contributed by atoms with van der Waals surface area (Å²) < 4.78 is 49.1. The number of anilines is 1. The molecule has 1 atom stereocenters. The van der Waals surface area contributed by atoms with Gasteiger partial charge in [-0.2, -0.15) is 4.31 Å². The fourth-order valence-electron chi connectivity index (χ4n) is 4.39. The van der Waals surface area contributed by atoms with E-state index < -0.39 is 28.0 Å². The number of ether oxygens (including phenoxy) is 4. The summed E-state index contributed by atoms with van der Waals surface area (Å²) in [5.74, 6) is -0.0924. The lowest BCUT2D eigenvalue weighted by atomic mass is 9.95. The van der Waals surface area contributed by atoms with Crippen LogP contribution in [0.5, 0.6) is 17.2 Å². The maximum Gasteiger partial charge on any atom is 0.348 e. The number of piperidine rings is 1. The average molecular weight is 505 g/mol. The van der Waals surface area contributed by atoms with Gasteiger partial charge in [0, 0.05) is 25.1 Å². The van der Waals surface area contributed by atoms with Gasteiger partial charge in [-0.05, 0) is 37.1 Å². The molecule has 4 rings (SSSR count). The van der Waals surface area contributed by atoms with Crippen LogP contribution in [-0.2, 0) is 24.3 Å². The van der Waals surface area contributed by atoms with Crippen LogP contribution >= 0.6 is 0 Å². The van der Waals surface area contributed by atoms with Gasteiger partial charge in [0.25, 0.3) is 0 Å². The van der Waals surface area contributed by atoms with Crippen LogP contribution < -0.4 is 19.1 Å². The number of carbonyl (C=O) groups excluding carboxylic acids is 2. The maximum absolute atomic E-state index is 13.5. The van der Waals surface area contributed by atoms with Crippen LogP contribution in [0, 0.1) is 5.92 Å². The molecule has 11 heteroatoms. The Labute approximate surface area is 204 Å². The second-order valence-electron chi connectivity index (χ2n) is 8.24. The number of hydrogen-bond donors (Lipinski definition) is 0. The summed E-state index contributed by atoms with van der Waals surface area (Å²) in [4.78, 5) is 27.2. The number of amides is 1. The van der Waals surface area contributed by atoms with Crippen LogP contribution in [0.25, 0.3) is 0 Å². The molecule has 0 spiro atoms. The molecule has 188 valence electrons. The van der Waals surface area contributed by atoms with Gasteiger partial charge in [-0.15, -0.1) is 0 Å². The average Bonchev–Trinajstić information content (AvgIpc) is 2.91. The van der Waals surface area contributed by atoms with Gasteiger partial charge in [0.1, 0.15) is 22.1 Å². The predicted octanol–water partition coefficient (Wildman–Crippen LogP) is 2.07. The quantitative estimate of drug-likeness (QED) is 0.550. The molecule has 0 bridgehead atoms. The molecular formula is C24H28N2O8S. The summed E-state index contributed by atoms with van der Waals surface area (Å²) in [6.07, 6.45) is -0.251. The number of fused-ring (bicyclic) bond motifs is 1. The first-order valence-electron chi connectivity index (χ1n) is 11.2. The zero-order chi connectivity index (χ0) is 25.2. The van der Waals surface area contributed by atoms with E-state index in [1.807, 2.05) is 0 Å². The second-order valence-corrected chi connectivity index (χ2v) is 10.1. The fraction of sp³-hybridized carbons (Fsp3) is 0.417. The third-order valence-electron chi connectivity index (χ3n) is 6.30. The molecule has 2 aromatic carbocycles. The highest BCUT2D eigenvalue weighted by Crippen LogP contribution is 2.37. The SMILES string of the molecule is COC(=O)C1CN(C(=O)C2CCN(S(=O)(=O)c3cc(OC)ccc3OC)CC2)c2ccccc2O1. The molecule has 0 aromatic heterocycles. The molecule has 10 nitrogen and oxygen atoms in total. The minimum Gasteiger partial charge on any atom is -0.497 e. The van der Waals surface area contributed by atoms with Crippen molar-refractivity contribution in [2.75, 3.05) is 45.9 Å². The normalized spacial score (nSPS) is 18.8. The van der Waals surface area contributed by atoms with E-state index >= 15 is 0 Å². The Morgan fingerprint density at radius 2 is 1.71 bits per heavy atom. The van der Waals surface area contributed by atoms with Crippen LogP contribution in [-0.4, -0.2) is 71.7 Å². The number of sulfonamides is 1. The Morgan fingerprint density at radius 3 is 2.37 bits per heavy atom. The third-order valence-corrected chi connectivity index (χ3v) is 8.22. The Kier molecular flexibility index (Phi) is 7.18. The van der Waals surface area contributed by atoms with Crippen LogP contribution in [0.15, 0.2) is 47.4 Å². The van der Waals surface area contributed by atoms with E-state index in [0.29, 0.717) is 30.0 Å². The Bertz CT molecular complexity index is 1210. The Morgan fingerprint density at radius 1 is 1.00 bits per heavy atom. The van der Waals surface area contributed by atoms with E-state index in [9.17, 15) is 18.0 Å². The minimum absolute atomic E-state index is 0.0205. The second kappa shape index (κ2) is 10.1. The summed E-state index contributed by atoms with van der Waals surface area (Å²) in [6.45, 7) is 0.374. The van der Waals surface area contributed by atoms with E-state index in [1.54, 1.807) is 41.3 Å². The van der Waals surface area contributed by atoms with Crippen molar-refractivity contribution in [3.8, 4) is 17.2 Å². The maximum atomic E-state index is 13.5. The summed E-state index contributed by atoms with van der Waals surface area (Å²) in [7, 11) is 0.281. The molecule has 1 saturated heterocycles. The molecule has 0 aliphatic carbocycles. The van der Waals surface area contributed by atoms with Crippen LogP contribution in [0.4, 0.5) is 5.69 Å². The minimum atomic E-state index is -3.86. The highest BCUT2D eigenvalue weighted by atomic mass is 32.2. The van der Waals surface area contributed by atoms with Crippen molar-refractivity contribution in [1.82, 2.24) is 4.31 Å². The smallest absolute Gasteiger partial charge is 0.348 e. The highest BCUT2D eigenvalue weighted by Gasteiger charge is 2.39. The number of rotatable bonds is 6. The van der Waals surface area contributed by atoms with Crippen molar-refractivity contribution in [2.45, 2.75) is 23.8 Å². The monoisotopic (exact) mass is 504 g/mol. The van der Waals surface area contributed by atoms with Gasteiger partial charge >= 0.3 is 5.97 Å². The highest BCUT2D eigenvalue weighted by molar-refractivity contribution is 7.89. The molecule has 2 heterocycles. The molecule has 0 N–H and O–H groups in total. The van der Waals surface area contributed by atoms with E-state index in [1.165, 1.54) is 31.7 Å². The fourth-order valence-corrected chi connectivity index (χ4v) is 6.03. The van der Waals surface area contributed by atoms with Gasteiger partial charge in [0.2, 0.25) is 22.0 Å². The molecule has 2 aliphatic heterocycles. The summed E-state index contributed by atoms with van der Waals surface area (Å²) in [6, 6.07) is 11.6. The first-order valence-corrected chi connectivity index (χ1v) is 12.6. The number of nitrogens with zero attached hydrogens (tertiary/aromatic N) is 2. The Hall–Kier alpha value is -3.31. The van der Waals surface area contributed by atoms with E-state index in [0.717, 1.165) is 0 Å². The number of para-hydroxylation sites is 2. The number of esters is 1. The van der Waals surface area contributed by atoms with Crippen LogP contribution in [0.2, 0.25) is 0 Å². The number of carbonyl (C=O) groups is 2. The Balaban J connectivity index is 1.51. The van der Waals surface area contributed by atoms with E-state index in [4.69, 9.17) is 18.9 Å². The van der Waals surface area contributed by atoms with E-state index in [-0.39, 0.29) is 36.2 Å². The van der Waals surface area contributed by atoms with Crippen molar-refractivity contribution < 1.29 is 37.0 Å². The van der Waals surface area contributed by atoms with Gasteiger partial charge in [0.15, 0.2) is 0 Å². The van der Waals surface area contributed by atoms with E-state index in [2.05, 4.69) is 0 Å². The van der Waals surface area contributed by atoms with Gasteiger partial charge in [-0.1, -0.05) is 12.1 Å². The van der Waals surface area contributed by atoms with Gasteiger partial charge < -0.3 is 23.8 Å². The number of hydrogen-bond acceptors (Lipinski definition) is 8. The number of methoxy groups -OCH3 is 3. The van der Waals surface area contributed by atoms with Crippen molar-refractivity contribution in [2.24, 2.45) is 5.92 Å². The topological polar surface area (TPSA) is 112 Å². The summed E-state index contributed by atoms with van der Waals surface area (Å²) in [5.41, 5.74) is 0.578. The molecule has 0 saturated carbocycles. The largest absolute Gasteiger partial charge is 0.497 e. The zero-order valence-corrected chi connectivity index (χ0v) is 20.6. The van der Waals surface area contributed by atoms with Gasteiger partial charge in [-0.3, -0.25) is 4.79 Å². The van der Waals surface area contributed by atoms with Crippen molar-refractivity contribution >= 4 is 27.6 Å². The third kappa shape index (κ3) is 4.78. The van der Waals surface area contributed by atoms with Crippen LogP contribution in [0.3, 0.4) is 0 Å². The molecule has 1 fully saturated rings. The first-order chi connectivity index (χ1) is 16.8. The lowest BCUT2D eigenvalue weighted by Crippen LogP contribution is -2.51. The first kappa shape index (κ1) is 24.8. The van der Waals surface area contributed by atoms with Gasteiger partial charge in [-0.25, -0.2) is 13.2 Å². The van der Waals surface area contributed by atoms with Gasteiger partial charge in [0.05, 0.1) is 33.6 Å². The van der Waals surface area contributed by atoms with Crippen LogP contribution in [0.1, 0.15) is 12.8 Å². The molecule has 2 aliphatic rings. The van der Waals surface area contributed by atoms with Crippen molar-refractivity contribution in [1.29, 1.82) is 0 Å². The molecule has 1 amide bonds. The van der Waals surface area contributed by atoms with Crippen molar-refractivity contribution in [3.63, 3.8) is 0 Å². The lowest BCUT2D eigenvalue weighted by molar-refractivity contribution is -0.148. The van der Waals surface area contributed by atoms with Crippen molar-refractivity contribution in [3.05, 3.63) is 42.5 Å². The summed E-state index contributed by atoms with van der Waals surface area (Å²) in [5, 5.41) is 0. The molecule has 0 radical (unpaired) electrons. The molecule has 1 unspecified atom stereocenters. The summed E-state index contributed by atoms with van der Waals surface area (Å²) >= 11 is 0. The number of benzene rings is 2. The predicted molar refractivity (Wildman–Crippen MR) is 126 cm³/mol. The standard InChI is InChI=1S/C24H28N2O8S/c1-31-17-8-9-20(32-2)22(14-17)35(29,30)25-12-10-16(11-13-25)23(27)26-15-21(24(28)33-3)34-19-7-5-4-6-18(19)26/h4-9,14,16,21H,10-13,15H2,1-3H3. The zero-order valence-electron chi connectivity index (χ0n) is 19.8. The molecule has 35 heavy (non-hydrogen) atoms.